The summed E-state index contributed by atoms with van der Waals surface area (Å²) in [6, 6.07) is 0.514. The molecule has 0 spiro atoms. The molecule has 1 aromatic heterocycles. The Morgan fingerprint density at radius 3 is 2.69 bits per heavy atom. The van der Waals surface area contributed by atoms with Gasteiger partial charge >= 0.3 is 0 Å². The van der Waals surface area contributed by atoms with Crippen molar-refractivity contribution in [2.45, 2.75) is 33.4 Å². The summed E-state index contributed by atoms with van der Waals surface area (Å²) in [7, 11) is 1.97. The van der Waals surface area contributed by atoms with Crippen LogP contribution in [0.3, 0.4) is 0 Å². The van der Waals surface area contributed by atoms with E-state index in [2.05, 4.69) is 36.3 Å². The number of nitrogens with zero attached hydrogens (tertiary/aromatic N) is 3. The summed E-state index contributed by atoms with van der Waals surface area (Å²) in [6.07, 6.45) is 1.73. The Balaban J connectivity index is 2.15. The van der Waals surface area contributed by atoms with Crippen molar-refractivity contribution >= 4 is 11.8 Å². The summed E-state index contributed by atoms with van der Waals surface area (Å²) in [5, 5.41) is 11.3. The van der Waals surface area contributed by atoms with Gasteiger partial charge in [-0.2, -0.15) is 11.8 Å². The van der Waals surface area contributed by atoms with Gasteiger partial charge in [0, 0.05) is 18.8 Å². The molecule has 0 amide bonds. The molecule has 0 aliphatic carbocycles. The third-order valence-corrected chi connectivity index (χ3v) is 3.87. The lowest BCUT2D eigenvalue weighted by atomic mass is 10.3. The highest BCUT2D eigenvalue weighted by atomic mass is 32.2. The molecule has 5 heteroatoms. The molecule has 0 saturated heterocycles. The molecule has 1 N–H and O–H groups in total. The van der Waals surface area contributed by atoms with E-state index in [0.717, 1.165) is 24.0 Å². The van der Waals surface area contributed by atoms with Gasteiger partial charge in [-0.05, 0) is 18.6 Å². The van der Waals surface area contributed by atoms with Gasteiger partial charge in [-0.1, -0.05) is 13.8 Å². The third-order valence-electron chi connectivity index (χ3n) is 2.23. The number of aromatic nitrogens is 3. The van der Waals surface area contributed by atoms with Crippen molar-refractivity contribution in [1.29, 1.82) is 0 Å². The van der Waals surface area contributed by atoms with E-state index in [1.54, 1.807) is 6.33 Å². The lowest BCUT2D eigenvalue weighted by Gasteiger charge is -2.13. The normalized spacial score (nSPS) is 13.3. The van der Waals surface area contributed by atoms with Crippen LogP contribution >= 0.6 is 11.8 Å². The quantitative estimate of drug-likeness (QED) is 0.790. The van der Waals surface area contributed by atoms with Gasteiger partial charge in [-0.25, -0.2) is 0 Å². The maximum atomic E-state index is 4.04. The molecule has 1 atom stereocenters. The van der Waals surface area contributed by atoms with Crippen LogP contribution in [0.25, 0.3) is 0 Å². The predicted octanol–water partition coefficient (Wildman–Crippen LogP) is 1.68. The van der Waals surface area contributed by atoms with Crippen molar-refractivity contribution in [1.82, 2.24) is 20.1 Å². The molecule has 1 aromatic rings. The molecule has 92 valence electrons. The van der Waals surface area contributed by atoms with Gasteiger partial charge in [0.1, 0.15) is 12.2 Å². The highest BCUT2D eigenvalue weighted by Crippen LogP contribution is 2.08. The smallest absolute Gasteiger partial charge is 0.146 e. The van der Waals surface area contributed by atoms with Gasteiger partial charge < -0.3 is 9.88 Å². The fraction of sp³-hybridized carbons (Fsp3) is 0.818. The molecular formula is C11H22N4S. The van der Waals surface area contributed by atoms with Crippen LogP contribution in [-0.4, -0.2) is 32.3 Å². The van der Waals surface area contributed by atoms with E-state index in [4.69, 9.17) is 0 Å². The largest absolute Gasteiger partial charge is 0.320 e. The first kappa shape index (κ1) is 13.5. The summed E-state index contributed by atoms with van der Waals surface area (Å²) >= 11 is 2.01. The van der Waals surface area contributed by atoms with Gasteiger partial charge in [0.15, 0.2) is 0 Å². The van der Waals surface area contributed by atoms with Crippen molar-refractivity contribution in [3.05, 3.63) is 12.2 Å². The van der Waals surface area contributed by atoms with Gasteiger partial charge in [-0.15, -0.1) is 10.2 Å². The molecule has 0 aromatic carbocycles. The van der Waals surface area contributed by atoms with E-state index in [-0.39, 0.29) is 0 Å². The first-order valence-electron chi connectivity index (χ1n) is 5.73. The van der Waals surface area contributed by atoms with E-state index < -0.39 is 0 Å². The summed E-state index contributed by atoms with van der Waals surface area (Å²) in [4.78, 5) is 0. The zero-order valence-corrected chi connectivity index (χ0v) is 11.4. The van der Waals surface area contributed by atoms with Crippen LogP contribution in [0.1, 0.15) is 26.6 Å². The zero-order valence-electron chi connectivity index (χ0n) is 10.6. The molecule has 1 unspecified atom stereocenters. The highest BCUT2D eigenvalue weighted by molar-refractivity contribution is 7.99. The minimum Gasteiger partial charge on any atom is -0.320 e. The molecule has 0 aliphatic rings. The number of nitrogens with one attached hydrogen (secondary N) is 1. The second-order valence-corrected chi connectivity index (χ2v) is 5.65. The van der Waals surface area contributed by atoms with Crippen LogP contribution in [-0.2, 0) is 13.6 Å². The van der Waals surface area contributed by atoms with E-state index >= 15 is 0 Å². The Morgan fingerprint density at radius 2 is 2.12 bits per heavy atom. The lowest BCUT2D eigenvalue weighted by Crippen LogP contribution is -2.29. The first-order chi connectivity index (χ1) is 7.59. The summed E-state index contributed by atoms with van der Waals surface area (Å²) in [5.41, 5.74) is 0. The van der Waals surface area contributed by atoms with Crippen LogP contribution in [0.15, 0.2) is 6.33 Å². The molecule has 1 rings (SSSR count). The van der Waals surface area contributed by atoms with Gasteiger partial charge in [-0.3, -0.25) is 0 Å². The van der Waals surface area contributed by atoms with E-state index in [0.29, 0.717) is 6.04 Å². The van der Waals surface area contributed by atoms with Crippen molar-refractivity contribution < 1.29 is 0 Å². The van der Waals surface area contributed by atoms with Gasteiger partial charge in [0.05, 0.1) is 6.54 Å². The van der Waals surface area contributed by atoms with Gasteiger partial charge in [0.2, 0.25) is 0 Å². The van der Waals surface area contributed by atoms with Crippen molar-refractivity contribution in [2.24, 2.45) is 13.0 Å². The standard InChI is InChI=1S/C11H22N4S/c1-9(2)6-16-7-10(3)12-5-11-14-13-8-15(11)4/h8-10,12H,5-7H2,1-4H3. The Bertz CT molecular complexity index is 298. The molecule has 1 heterocycles. The van der Waals surface area contributed by atoms with Crippen LogP contribution in [0.2, 0.25) is 0 Å². The minimum atomic E-state index is 0.514. The van der Waals surface area contributed by atoms with E-state index in [1.807, 2.05) is 23.4 Å². The minimum absolute atomic E-state index is 0.514. The van der Waals surface area contributed by atoms with Crippen LogP contribution in [0.5, 0.6) is 0 Å². The van der Waals surface area contributed by atoms with Crippen LogP contribution in [0.4, 0.5) is 0 Å². The predicted molar refractivity (Wildman–Crippen MR) is 69.5 cm³/mol. The SMILES string of the molecule is CC(C)CSCC(C)NCc1nncn1C. The monoisotopic (exact) mass is 242 g/mol. The molecule has 0 radical (unpaired) electrons. The topological polar surface area (TPSA) is 42.7 Å². The third kappa shape index (κ3) is 4.99. The summed E-state index contributed by atoms with van der Waals surface area (Å²) in [5.74, 6) is 4.14. The number of hydrogen-bond donors (Lipinski definition) is 1. The maximum absolute atomic E-state index is 4.04. The van der Waals surface area contributed by atoms with E-state index in [1.165, 1.54) is 5.75 Å². The lowest BCUT2D eigenvalue weighted by molar-refractivity contribution is 0.565. The van der Waals surface area contributed by atoms with E-state index in [9.17, 15) is 0 Å². The first-order valence-corrected chi connectivity index (χ1v) is 6.89. The highest BCUT2D eigenvalue weighted by Gasteiger charge is 2.05. The van der Waals surface area contributed by atoms with Crippen molar-refractivity contribution in [2.75, 3.05) is 11.5 Å². The second kappa shape index (κ2) is 6.91. The fourth-order valence-corrected chi connectivity index (χ4v) is 2.35. The molecular weight excluding hydrogens is 220 g/mol. The van der Waals surface area contributed by atoms with Crippen molar-refractivity contribution in [3.63, 3.8) is 0 Å². The number of hydrogen-bond acceptors (Lipinski definition) is 4. The molecule has 0 aliphatic heterocycles. The molecule has 16 heavy (non-hydrogen) atoms. The number of thioether (sulfide) groups is 1. The Morgan fingerprint density at radius 1 is 1.38 bits per heavy atom. The summed E-state index contributed by atoms with van der Waals surface area (Å²) < 4.78 is 1.95. The zero-order chi connectivity index (χ0) is 12.0. The molecule has 0 saturated carbocycles. The van der Waals surface area contributed by atoms with Gasteiger partial charge in [0.25, 0.3) is 0 Å². The Labute approximate surface area is 102 Å². The second-order valence-electron chi connectivity index (χ2n) is 4.57. The van der Waals surface area contributed by atoms with Crippen molar-refractivity contribution in [3.8, 4) is 0 Å². The fourth-order valence-electron chi connectivity index (χ4n) is 1.27. The number of aryl methyl sites for hydroxylation is 1. The average molecular weight is 242 g/mol. The Kier molecular flexibility index (Phi) is 5.84. The van der Waals surface area contributed by atoms with Crippen LogP contribution in [0, 0.1) is 5.92 Å². The Hall–Kier alpha value is -0.550. The average Bonchev–Trinajstić information content (AvgIpc) is 2.60. The number of rotatable bonds is 7. The molecule has 4 nitrogen and oxygen atoms in total. The summed E-state index contributed by atoms with van der Waals surface area (Å²) in [6.45, 7) is 7.51. The maximum Gasteiger partial charge on any atom is 0.146 e. The molecule has 0 bridgehead atoms. The molecule has 0 fully saturated rings. The van der Waals surface area contributed by atoms with Crippen LogP contribution < -0.4 is 5.32 Å².